The minimum atomic E-state index is -0.207. The standard InChI is InChI=1S/C17H13BrN4O2S/c1-9-7-10(8-24-2)13-14-15(25-16(13)19-9)17(23)22(21-20-14)12-6-4-3-5-11(12)18/h3-7H,8H2,1-2H3. The van der Waals surface area contributed by atoms with Crippen molar-refractivity contribution >= 4 is 47.7 Å². The van der Waals surface area contributed by atoms with Crippen LogP contribution in [0.3, 0.4) is 0 Å². The van der Waals surface area contributed by atoms with Gasteiger partial charge in [0.1, 0.15) is 15.0 Å². The predicted molar refractivity (Wildman–Crippen MR) is 101 cm³/mol. The van der Waals surface area contributed by atoms with Crippen LogP contribution in [0.15, 0.2) is 39.6 Å². The fraction of sp³-hybridized carbons (Fsp3) is 0.176. The van der Waals surface area contributed by atoms with Gasteiger partial charge in [-0.2, -0.15) is 4.68 Å². The van der Waals surface area contributed by atoms with Gasteiger partial charge in [-0.3, -0.25) is 4.79 Å². The van der Waals surface area contributed by atoms with Crippen molar-refractivity contribution in [3.63, 3.8) is 0 Å². The molecule has 4 rings (SSSR count). The zero-order chi connectivity index (χ0) is 17.6. The van der Waals surface area contributed by atoms with E-state index in [4.69, 9.17) is 4.74 Å². The molecule has 0 aliphatic heterocycles. The second kappa shape index (κ2) is 6.29. The van der Waals surface area contributed by atoms with Gasteiger partial charge in [-0.25, -0.2) is 4.98 Å². The summed E-state index contributed by atoms with van der Waals surface area (Å²) in [6.45, 7) is 2.36. The second-order valence-corrected chi connectivity index (χ2v) is 7.43. The maximum absolute atomic E-state index is 13.0. The number of rotatable bonds is 3. The molecule has 8 heteroatoms. The number of hydrogen-bond donors (Lipinski definition) is 0. The number of halogens is 1. The quantitative estimate of drug-likeness (QED) is 0.510. The average molecular weight is 417 g/mol. The number of para-hydroxylation sites is 1. The van der Waals surface area contributed by atoms with Crippen molar-refractivity contribution in [3.05, 3.63) is 56.4 Å². The number of hydrogen-bond acceptors (Lipinski definition) is 6. The maximum Gasteiger partial charge on any atom is 0.292 e. The van der Waals surface area contributed by atoms with Crippen LogP contribution >= 0.6 is 27.3 Å². The van der Waals surface area contributed by atoms with Gasteiger partial charge < -0.3 is 4.74 Å². The van der Waals surface area contributed by atoms with E-state index in [9.17, 15) is 4.79 Å². The van der Waals surface area contributed by atoms with Crippen LogP contribution in [0, 0.1) is 6.92 Å². The molecular formula is C17H13BrN4O2S. The zero-order valence-electron chi connectivity index (χ0n) is 13.5. The van der Waals surface area contributed by atoms with Crippen LogP contribution in [0.4, 0.5) is 0 Å². The van der Waals surface area contributed by atoms with Crippen LogP contribution in [-0.4, -0.2) is 27.1 Å². The fourth-order valence-electron chi connectivity index (χ4n) is 2.81. The van der Waals surface area contributed by atoms with Crippen LogP contribution in [0.25, 0.3) is 26.1 Å². The molecule has 0 saturated heterocycles. The van der Waals surface area contributed by atoms with Gasteiger partial charge in [0.2, 0.25) is 0 Å². The van der Waals surface area contributed by atoms with Crippen molar-refractivity contribution in [1.29, 1.82) is 0 Å². The van der Waals surface area contributed by atoms with E-state index in [1.165, 1.54) is 16.0 Å². The molecule has 6 nitrogen and oxygen atoms in total. The Kier molecular flexibility index (Phi) is 4.10. The normalized spacial score (nSPS) is 11.5. The Hall–Kier alpha value is -2.16. The minimum absolute atomic E-state index is 0.207. The van der Waals surface area contributed by atoms with E-state index in [2.05, 4.69) is 31.2 Å². The summed E-state index contributed by atoms with van der Waals surface area (Å²) in [5, 5.41) is 9.32. The summed E-state index contributed by atoms with van der Waals surface area (Å²) in [5.41, 5.74) is 2.86. The van der Waals surface area contributed by atoms with Gasteiger partial charge in [-0.1, -0.05) is 17.3 Å². The van der Waals surface area contributed by atoms with Gasteiger partial charge in [0.25, 0.3) is 5.56 Å². The lowest BCUT2D eigenvalue weighted by Crippen LogP contribution is -2.22. The Balaban J connectivity index is 2.06. The SMILES string of the molecule is COCc1cc(C)nc2sc3c(=O)n(-c4ccccc4Br)nnc3c12. The number of benzene rings is 1. The predicted octanol–water partition coefficient (Wildman–Crippen LogP) is 3.61. The summed E-state index contributed by atoms with van der Waals surface area (Å²) >= 11 is 4.79. The molecule has 4 aromatic rings. The molecule has 25 heavy (non-hydrogen) atoms. The van der Waals surface area contributed by atoms with Crippen molar-refractivity contribution < 1.29 is 4.74 Å². The van der Waals surface area contributed by atoms with Crippen LogP contribution in [0.2, 0.25) is 0 Å². The molecule has 0 fully saturated rings. The van der Waals surface area contributed by atoms with E-state index in [-0.39, 0.29) is 5.56 Å². The summed E-state index contributed by atoms with van der Waals surface area (Å²) in [4.78, 5) is 18.3. The van der Waals surface area contributed by atoms with E-state index in [1.807, 2.05) is 37.3 Å². The molecule has 0 saturated carbocycles. The van der Waals surface area contributed by atoms with Crippen LogP contribution in [-0.2, 0) is 11.3 Å². The van der Waals surface area contributed by atoms with E-state index in [0.29, 0.717) is 22.5 Å². The molecule has 0 radical (unpaired) electrons. The van der Waals surface area contributed by atoms with Crippen molar-refractivity contribution in [2.24, 2.45) is 0 Å². The molecule has 3 heterocycles. The van der Waals surface area contributed by atoms with Gasteiger partial charge in [0, 0.05) is 22.7 Å². The van der Waals surface area contributed by atoms with E-state index in [0.717, 1.165) is 25.9 Å². The van der Waals surface area contributed by atoms with Crippen LogP contribution in [0.5, 0.6) is 0 Å². The second-order valence-electron chi connectivity index (χ2n) is 5.57. The number of pyridine rings is 1. The Morgan fingerprint density at radius 2 is 2.12 bits per heavy atom. The van der Waals surface area contributed by atoms with Crippen LogP contribution in [0.1, 0.15) is 11.3 Å². The summed E-state index contributed by atoms with van der Waals surface area (Å²) in [7, 11) is 1.64. The number of ether oxygens (including phenoxy) is 1. The molecule has 0 N–H and O–H groups in total. The first-order chi connectivity index (χ1) is 12.1. The Morgan fingerprint density at radius 3 is 2.88 bits per heavy atom. The van der Waals surface area contributed by atoms with Gasteiger partial charge in [0.05, 0.1) is 12.3 Å². The van der Waals surface area contributed by atoms with Gasteiger partial charge in [-0.15, -0.1) is 16.4 Å². The fourth-order valence-corrected chi connectivity index (χ4v) is 4.39. The van der Waals surface area contributed by atoms with Gasteiger partial charge in [0.15, 0.2) is 0 Å². The molecule has 0 aliphatic carbocycles. The molecule has 0 aliphatic rings. The highest BCUT2D eigenvalue weighted by atomic mass is 79.9. The van der Waals surface area contributed by atoms with Crippen LogP contribution < -0.4 is 5.56 Å². The van der Waals surface area contributed by atoms with E-state index in [1.54, 1.807) is 7.11 Å². The average Bonchev–Trinajstić information content (AvgIpc) is 2.96. The van der Waals surface area contributed by atoms with Crippen molar-refractivity contribution in [2.45, 2.75) is 13.5 Å². The van der Waals surface area contributed by atoms with Gasteiger partial charge >= 0.3 is 0 Å². The highest BCUT2D eigenvalue weighted by Crippen LogP contribution is 2.32. The lowest BCUT2D eigenvalue weighted by atomic mass is 10.1. The summed E-state index contributed by atoms with van der Waals surface area (Å²) in [6, 6.07) is 9.37. The molecule has 1 aromatic carbocycles. The molecular weight excluding hydrogens is 404 g/mol. The molecule has 0 bridgehead atoms. The summed E-state index contributed by atoms with van der Waals surface area (Å²) in [5.74, 6) is 0. The van der Waals surface area contributed by atoms with E-state index >= 15 is 0 Å². The Bertz CT molecular complexity index is 1170. The van der Waals surface area contributed by atoms with Crippen molar-refractivity contribution in [1.82, 2.24) is 20.0 Å². The van der Waals surface area contributed by atoms with Crippen molar-refractivity contribution in [2.75, 3.05) is 7.11 Å². The summed E-state index contributed by atoms with van der Waals surface area (Å²) < 4.78 is 7.91. The first-order valence-electron chi connectivity index (χ1n) is 7.52. The maximum atomic E-state index is 13.0. The van der Waals surface area contributed by atoms with Gasteiger partial charge in [-0.05, 0) is 46.6 Å². The number of thiophene rings is 1. The lowest BCUT2D eigenvalue weighted by molar-refractivity contribution is 0.186. The number of nitrogens with zero attached hydrogens (tertiary/aromatic N) is 4. The number of methoxy groups -OCH3 is 1. The van der Waals surface area contributed by atoms with Crippen molar-refractivity contribution in [3.8, 4) is 5.69 Å². The minimum Gasteiger partial charge on any atom is -0.380 e. The zero-order valence-corrected chi connectivity index (χ0v) is 15.9. The number of aromatic nitrogens is 4. The molecule has 0 unspecified atom stereocenters. The third-order valence-electron chi connectivity index (χ3n) is 3.85. The first-order valence-corrected chi connectivity index (χ1v) is 9.13. The number of aryl methyl sites for hydroxylation is 1. The Labute approximate surface area is 155 Å². The first kappa shape index (κ1) is 16.3. The highest BCUT2D eigenvalue weighted by molar-refractivity contribution is 9.10. The largest absolute Gasteiger partial charge is 0.380 e. The third kappa shape index (κ3) is 2.66. The topological polar surface area (TPSA) is 69.9 Å². The monoisotopic (exact) mass is 416 g/mol. The molecule has 0 spiro atoms. The number of fused-ring (bicyclic) bond motifs is 3. The third-order valence-corrected chi connectivity index (χ3v) is 5.58. The molecule has 3 aromatic heterocycles. The lowest BCUT2D eigenvalue weighted by Gasteiger charge is -2.06. The van der Waals surface area contributed by atoms with E-state index < -0.39 is 0 Å². The smallest absolute Gasteiger partial charge is 0.292 e. The molecule has 126 valence electrons. The summed E-state index contributed by atoms with van der Waals surface area (Å²) in [6.07, 6.45) is 0. The Morgan fingerprint density at radius 1 is 1.32 bits per heavy atom. The molecule has 0 atom stereocenters. The molecule has 0 amide bonds. The highest BCUT2D eigenvalue weighted by Gasteiger charge is 2.18.